The molecule has 1 unspecified atom stereocenters. The van der Waals surface area contributed by atoms with Crippen molar-refractivity contribution in [1.82, 2.24) is 10.2 Å². The van der Waals surface area contributed by atoms with E-state index in [1.807, 2.05) is 0 Å². The smallest absolute Gasteiger partial charge is 0.263 e. The summed E-state index contributed by atoms with van der Waals surface area (Å²) < 4.78 is 0. The number of rotatable bonds is 1. The maximum absolute atomic E-state index is 12.6. The zero-order valence-corrected chi connectivity index (χ0v) is 13.7. The molecule has 1 atom stereocenters. The number of imide groups is 1. The van der Waals surface area contributed by atoms with Gasteiger partial charge in [-0.05, 0) is 19.4 Å². The zero-order chi connectivity index (χ0) is 15.3. The number of nitrogens with one attached hydrogen (secondary N) is 1. The van der Waals surface area contributed by atoms with E-state index in [0.29, 0.717) is 6.54 Å². The number of carbonyl (C=O) groups is 2. The van der Waals surface area contributed by atoms with Gasteiger partial charge in [-0.2, -0.15) is 0 Å². The molecule has 1 aromatic rings. The summed E-state index contributed by atoms with van der Waals surface area (Å²) in [5.74, 6) is -0.927. The van der Waals surface area contributed by atoms with Gasteiger partial charge in [-0.25, -0.2) is 0 Å². The Morgan fingerprint density at radius 1 is 0.905 bits per heavy atom. The molecule has 0 spiro atoms. The summed E-state index contributed by atoms with van der Waals surface area (Å²) in [4.78, 5) is 26.4. The first-order chi connectivity index (χ1) is 9.95. The second kappa shape index (κ2) is 5.60. The molecule has 1 saturated heterocycles. The Morgan fingerprint density at radius 2 is 1.43 bits per heavy atom. The van der Waals surface area contributed by atoms with Crippen molar-refractivity contribution in [2.24, 2.45) is 0 Å². The topological polar surface area (TPSA) is 49.4 Å². The first-order valence-electron chi connectivity index (χ1n) is 6.39. The molecule has 0 saturated carbocycles. The summed E-state index contributed by atoms with van der Waals surface area (Å²) >= 11 is 24.1. The normalized spacial score (nSPS) is 21.9. The quantitative estimate of drug-likeness (QED) is 0.468. The molecule has 21 heavy (non-hydrogen) atoms. The third-order valence-electron chi connectivity index (χ3n) is 3.77. The molecule has 112 valence electrons. The Bertz CT molecular complexity index is 609. The molecular formula is C13H10Cl4N2O2. The maximum atomic E-state index is 12.6. The van der Waals surface area contributed by atoms with Crippen LogP contribution in [-0.4, -0.2) is 35.8 Å². The van der Waals surface area contributed by atoms with Crippen molar-refractivity contribution < 1.29 is 9.59 Å². The van der Waals surface area contributed by atoms with Crippen LogP contribution in [0.15, 0.2) is 0 Å². The number of benzene rings is 1. The maximum Gasteiger partial charge on any atom is 0.263 e. The number of carbonyl (C=O) groups excluding carboxylic acids is 2. The number of nitrogens with zero attached hydrogens (tertiary/aromatic N) is 1. The van der Waals surface area contributed by atoms with E-state index in [2.05, 4.69) is 5.32 Å². The van der Waals surface area contributed by atoms with Crippen molar-refractivity contribution in [3.8, 4) is 0 Å². The number of amides is 2. The van der Waals surface area contributed by atoms with Crippen molar-refractivity contribution in [3.05, 3.63) is 31.2 Å². The van der Waals surface area contributed by atoms with Gasteiger partial charge >= 0.3 is 0 Å². The second-order valence-corrected chi connectivity index (χ2v) is 6.50. The molecule has 3 rings (SSSR count). The highest BCUT2D eigenvalue weighted by atomic mass is 35.5. The Hall–Kier alpha value is -0.520. The average molecular weight is 368 g/mol. The largest absolute Gasteiger partial charge is 0.315 e. The Kier molecular flexibility index (Phi) is 4.10. The minimum Gasteiger partial charge on any atom is -0.315 e. The van der Waals surface area contributed by atoms with E-state index in [1.54, 1.807) is 0 Å². The molecule has 8 heteroatoms. The van der Waals surface area contributed by atoms with Crippen LogP contribution in [0.25, 0.3) is 0 Å². The Morgan fingerprint density at radius 3 is 1.86 bits per heavy atom. The van der Waals surface area contributed by atoms with Crippen LogP contribution in [-0.2, 0) is 0 Å². The monoisotopic (exact) mass is 366 g/mol. The molecule has 0 radical (unpaired) electrons. The van der Waals surface area contributed by atoms with E-state index in [9.17, 15) is 9.59 Å². The summed E-state index contributed by atoms with van der Waals surface area (Å²) in [5.41, 5.74) is 0.0956. The second-order valence-electron chi connectivity index (χ2n) is 4.99. The predicted molar refractivity (Wildman–Crippen MR) is 82.9 cm³/mol. The van der Waals surface area contributed by atoms with Crippen LogP contribution < -0.4 is 5.32 Å². The highest BCUT2D eigenvalue weighted by molar-refractivity contribution is 6.55. The van der Waals surface area contributed by atoms with E-state index in [-0.39, 0.29) is 37.3 Å². The van der Waals surface area contributed by atoms with E-state index in [4.69, 9.17) is 46.4 Å². The van der Waals surface area contributed by atoms with Gasteiger partial charge in [0.15, 0.2) is 0 Å². The zero-order valence-electron chi connectivity index (χ0n) is 10.7. The van der Waals surface area contributed by atoms with Gasteiger partial charge in [-0.3, -0.25) is 14.5 Å². The van der Waals surface area contributed by atoms with E-state index < -0.39 is 11.8 Å². The van der Waals surface area contributed by atoms with Gasteiger partial charge < -0.3 is 5.32 Å². The number of fused-ring (bicyclic) bond motifs is 1. The third kappa shape index (κ3) is 2.25. The molecule has 1 aromatic carbocycles. The van der Waals surface area contributed by atoms with E-state index >= 15 is 0 Å². The SMILES string of the molecule is O=C1c2c(Cl)c(Cl)c(Cl)c(Cl)c2C(=O)N1C1CCCNC1. The minimum absolute atomic E-state index is 0.00754. The first kappa shape index (κ1) is 15.4. The molecule has 2 amide bonds. The fourth-order valence-electron chi connectivity index (χ4n) is 2.75. The lowest BCUT2D eigenvalue weighted by Gasteiger charge is -2.29. The van der Waals surface area contributed by atoms with Gasteiger partial charge in [-0.1, -0.05) is 46.4 Å². The summed E-state index contributed by atoms with van der Waals surface area (Å²) in [6.07, 6.45) is 1.64. The molecular weight excluding hydrogens is 358 g/mol. The third-order valence-corrected chi connectivity index (χ3v) is 5.57. The number of halogens is 4. The fourth-order valence-corrected chi connectivity index (χ4v) is 3.77. The van der Waals surface area contributed by atoms with Gasteiger partial charge in [0.05, 0.1) is 37.3 Å². The molecule has 2 aliphatic rings. The molecule has 4 nitrogen and oxygen atoms in total. The number of hydrogen-bond acceptors (Lipinski definition) is 3. The van der Waals surface area contributed by atoms with Crippen LogP contribution in [0.4, 0.5) is 0 Å². The average Bonchev–Trinajstić information content (AvgIpc) is 2.75. The Labute approximate surface area is 141 Å². The minimum atomic E-state index is -0.464. The van der Waals surface area contributed by atoms with Crippen LogP contribution in [0.5, 0.6) is 0 Å². The highest BCUT2D eigenvalue weighted by Gasteiger charge is 2.44. The lowest BCUT2D eigenvalue weighted by molar-refractivity contribution is 0.0561. The predicted octanol–water partition coefficient (Wildman–Crippen LogP) is 3.65. The molecule has 2 aliphatic heterocycles. The lowest BCUT2D eigenvalue weighted by atomic mass is 10.1. The summed E-state index contributed by atoms with van der Waals surface area (Å²) in [6, 6.07) is -0.212. The van der Waals surface area contributed by atoms with Crippen molar-refractivity contribution in [2.75, 3.05) is 13.1 Å². The van der Waals surface area contributed by atoms with Crippen LogP contribution >= 0.6 is 46.4 Å². The standard InChI is InChI=1S/C13H10Cl4N2O2/c14-8-6-7(9(15)11(17)10(8)16)13(21)19(12(6)20)5-2-1-3-18-4-5/h5,18H,1-4H2. The van der Waals surface area contributed by atoms with E-state index in [0.717, 1.165) is 19.4 Å². The van der Waals surface area contributed by atoms with Crippen LogP contribution in [0.1, 0.15) is 33.6 Å². The Balaban J connectivity index is 2.12. The first-order valence-corrected chi connectivity index (χ1v) is 7.91. The van der Waals surface area contributed by atoms with Crippen molar-refractivity contribution in [1.29, 1.82) is 0 Å². The van der Waals surface area contributed by atoms with Crippen molar-refractivity contribution in [2.45, 2.75) is 18.9 Å². The van der Waals surface area contributed by atoms with Gasteiger partial charge in [0.2, 0.25) is 0 Å². The highest BCUT2D eigenvalue weighted by Crippen LogP contribution is 2.45. The molecule has 0 bridgehead atoms. The summed E-state index contributed by atoms with van der Waals surface area (Å²) in [5, 5.41) is 3.11. The molecule has 1 N–H and O–H groups in total. The van der Waals surface area contributed by atoms with Gasteiger partial charge in [0.1, 0.15) is 0 Å². The van der Waals surface area contributed by atoms with Crippen LogP contribution in [0, 0.1) is 0 Å². The van der Waals surface area contributed by atoms with E-state index in [1.165, 1.54) is 4.90 Å². The van der Waals surface area contributed by atoms with Gasteiger partial charge in [-0.15, -0.1) is 0 Å². The summed E-state index contributed by atoms with van der Waals surface area (Å²) in [6.45, 7) is 1.43. The van der Waals surface area contributed by atoms with Crippen molar-refractivity contribution in [3.63, 3.8) is 0 Å². The van der Waals surface area contributed by atoms with Gasteiger partial charge in [0, 0.05) is 6.54 Å². The summed E-state index contributed by atoms with van der Waals surface area (Å²) in [7, 11) is 0. The molecule has 0 aromatic heterocycles. The fraction of sp³-hybridized carbons (Fsp3) is 0.385. The van der Waals surface area contributed by atoms with Crippen molar-refractivity contribution >= 4 is 58.2 Å². The molecule has 2 heterocycles. The number of piperidine rings is 1. The van der Waals surface area contributed by atoms with Gasteiger partial charge in [0.25, 0.3) is 11.8 Å². The molecule has 0 aliphatic carbocycles. The van der Waals surface area contributed by atoms with Crippen LogP contribution in [0.2, 0.25) is 20.1 Å². The lowest BCUT2D eigenvalue weighted by Crippen LogP contribution is -2.48. The molecule has 1 fully saturated rings. The van der Waals surface area contributed by atoms with Crippen LogP contribution in [0.3, 0.4) is 0 Å². The number of hydrogen-bond donors (Lipinski definition) is 1.